The first-order valence-corrected chi connectivity index (χ1v) is 5.70. The van der Waals surface area contributed by atoms with Gasteiger partial charge in [0.2, 0.25) is 0 Å². The van der Waals surface area contributed by atoms with E-state index < -0.39 is 0 Å². The van der Waals surface area contributed by atoms with Gasteiger partial charge in [-0.2, -0.15) is 0 Å². The van der Waals surface area contributed by atoms with Crippen molar-refractivity contribution in [2.75, 3.05) is 0 Å². The fourth-order valence-electron chi connectivity index (χ4n) is 1.65. The smallest absolute Gasteiger partial charge is 0.150 e. The maximum absolute atomic E-state index is 10.8. The number of rotatable bonds is 2. The van der Waals surface area contributed by atoms with Gasteiger partial charge in [0.25, 0.3) is 0 Å². The zero-order chi connectivity index (χ0) is 10.1. The zero-order valence-corrected chi connectivity index (χ0v) is 9.28. The summed E-state index contributed by atoms with van der Waals surface area (Å²) in [4.78, 5) is 10.8. The normalized spacial score (nSPS) is 10.7. The molecule has 0 spiro atoms. The van der Waals surface area contributed by atoms with Crippen molar-refractivity contribution in [2.24, 2.45) is 0 Å². The molecule has 0 atom stereocenters. The van der Waals surface area contributed by atoms with E-state index in [4.69, 9.17) is 11.6 Å². The minimum Gasteiger partial charge on any atom is -0.298 e. The summed E-state index contributed by atoms with van der Waals surface area (Å²) >= 11 is 7.53. The number of carbonyl (C=O) groups is 1. The van der Waals surface area contributed by atoms with E-state index in [0.717, 1.165) is 22.8 Å². The maximum Gasteiger partial charge on any atom is 0.150 e. The standard InChI is InChI=1S/C11H9ClOS/c1-7-4-8(6-13)10(5-12)9-2-3-14-11(7)9/h2-4,6H,5H2,1H3. The SMILES string of the molecule is Cc1cc(C=O)c(CCl)c2ccsc12. The Hall–Kier alpha value is -0.860. The summed E-state index contributed by atoms with van der Waals surface area (Å²) in [6, 6.07) is 3.93. The molecule has 0 amide bonds. The highest BCUT2D eigenvalue weighted by atomic mass is 35.5. The molecule has 0 aliphatic heterocycles. The van der Waals surface area contributed by atoms with Crippen molar-refractivity contribution < 1.29 is 4.79 Å². The first-order valence-electron chi connectivity index (χ1n) is 4.28. The molecule has 1 aromatic heterocycles. The van der Waals surface area contributed by atoms with Gasteiger partial charge in [-0.1, -0.05) is 0 Å². The average Bonchev–Trinajstić information content (AvgIpc) is 2.66. The summed E-state index contributed by atoms with van der Waals surface area (Å²) in [7, 11) is 0. The van der Waals surface area contributed by atoms with Crippen LogP contribution >= 0.6 is 22.9 Å². The number of hydrogen-bond donors (Lipinski definition) is 0. The van der Waals surface area contributed by atoms with Crippen molar-refractivity contribution >= 4 is 39.3 Å². The monoisotopic (exact) mass is 224 g/mol. The molecule has 2 aromatic rings. The van der Waals surface area contributed by atoms with Crippen LogP contribution in [0, 0.1) is 6.92 Å². The fraction of sp³-hybridized carbons (Fsp3) is 0.182. The highest BCUT2D eigenvalue weighted by molar-refractivity contribution is 7.17. The maximum atomic E-state index is 10.8. The van der Waals surface area contributed by atoms with Crippen LogP contribution in [-0.2, 0) is 5.88 Å². The molecule has 2 rings (SSSR count). The molecule has 0 saturated heterocycles. The predicted octanol–water partition coefficient (Wildman–Crippen LogP) is 3.76. The Morgan fingerprint density at radius 3 is 3.00 bits per heavy atom. The number of alkyl halides is 1. The molecule has 0 N–H and O–H groups in total. The lowest BCUT2D eigenvalue weighted by molar-refractivity contribution is 0.112. The van der Waals surface area contributed by atoms with E-state index in [-0.39, 0.29) is 0 Å². The number of halogens is 1. The second-order valence-corrected chi connectivity index (χ2v) is 4.36. The minimum absolute atomic E-state index is 0.390. The molecule has 0 bridgehead atoms. The van der Waals surface area contributed by atoms with Crippen LogP contribution in [0.3, 0.4) is 0 Å². The summed E-state index contributed by atoms with van der Waals surface area (Å²) in [5.41, 5.74) is 2.80. The number of thiophene rings is 1. The number of benzene rings is 1. The Morgan fingerprint density at radius 1 is 1.57 bits per heavy atom. The van der Waals surface area contributed by atoms with Crippen LogP contribution in [0.1, 0.15) is 21.5 Å². The fourth-order valence-corrected chi connectivity index (χ4v) is 2.85. The van der Waals surface area contributed by atoms with E-state index in [1.54, 1.807) is 11.3 Å². The largest absolute Gasteiger partial charge is 0.298 e. The van der Waals surface area contributed by atoms with Gasteiger partial charge in [-0.15, -0.1) is 22.9 Å². The molecule has 3 heteroatoms. The lowest BCUT2D eigenvalue weighted by Gasteiger charge is -2.05. The van der Waals surface area contributed by atoms with E-state index in [0.29, 0.717) is 11.4 Å². The topological polar surface area (TPSA) is 17.1 Å². The number of aryl methyl sites for hydroxylation is 1. The van der Waals surface area contributed by atoms with Gasteiger partial charge in [-0.25, -0.2) is 0 Å². The molecule has 1 aromatic carbocycles. The van der Waals surface area contributed by atoms with Gasteiger partial charge in [-0.05, 0) is 40.9 Å². The third-order valence-electron chi connectivity index (χ3n) is 2.33. The van der Waals surface area contributed by atoms with Crippen molar-refractivity contribution in [3.8, 4) is 0 Å². The molecule has 0 fully saturated rings. The van der Waals surface area contributed by atoms with Crippen molar-refractivity contribution in [3.63, 3.8) is 0 Å². The summed E-state index contributed by atoms with van der Waals surface area (Å²) in [5, 5.41) is 3.15. The van der Waals surface area contributed by atoms with E-state index in [9.17, 15) is 4.79 Å². The van der Waals surface area contributed by atoms with Gasteiger partial charge < -0.3 is 0 Å². The number of aldehydes is 1. The van der Waals surface area contributed by atoms with Crippen LogP contribution in [0.2, 0.25) is 0 Å². The van der Waals surface area contributed by atoms with Crippen LogP contribution in [0.5, 0.6) is 0 Å². The molecule has 14 heavy (non-hydrogen) atoms. The van der Waals surface area contributed by atoms with Crippen molar-refractivity contribution in [3.05, 3.63) is 34.2 Å². The van der Waals surface area contributed by atoms with E-state index in [1.807, 2.05) is 24.4 Å². The van der Waals surface area contributed by atoms with Gasteiger partial charge >= 0.3 is 0 Å². The molecule has 0 saturated carbocycles. The van der Waals surface area contributed by atoms with Crippen LogP contribution in [0.15, 0.2) is 17.5 Å². The average molecular weight is 225 g/mol. The Balaban J connectivity index is 2.88. The van der Waals surface area contributed by atoms with Crippen molar-refractivity contribution in [1.29, 1.82) is 0 Å². The molecule has 72 valence electrons. The molecule has 0 radical (unpaired) electrons. The number of carbonyl (C=O) groups excluding carboxylic acids is 1. The van der Waals surface area contributed by atoms with Gasteiger partial charge in [0, 0.05) is 16.1 Å². The molecule has 1 heterocycles. The van der Waals surface area contributed by atoms with Gasteiger partial charge in [0.05, 0.1) is 0 Å². The molecular weight excluding hydrogens is 216 g/mol. The third kappa shape index (κ3) is 1.35. The van der Waals surface area contributed by atoms with Gasteiger partial charge in [0.1, 0.15) is 6.29 Å². The lowest BCUT2D eigenvalue weighted by Crippen LogP contribution is -1.91. The Bertz CT molecular complexity index is 487. The predicted molar refractivity (Wildman–Crippen MR) is 61.5 cm³/mol. The molecule has 0 aliphatic carbocycles. The van der Waals surface area contributed by atoms with Gasteiger partial charge in [-0.3, -0.25) is 4.79 Å². The summed E-state index contributed by atoms with van der Waals surface area (Å²) in [6.45, 7) is 2.02. The van der Waals surface area contributed by atoms with Crippen LogP contribution in [0.25, 0.3) is 10.1 Å². The van der Waals surface area contributed by atoms with Crippen LogP contribution in [-0.4, -0.2) is 6.29 Å². The second-order valence-electron chi connectivity index (χ2n) is 3.18. The van der Waals surface area contributed by atoms with Gasteiger partial charge in [0.15, 0.2) is 0 Å². The van der Waals surface area contributed by atoms with Crippen LogP contribution in [0.4, 0.5) is 0 Å². The highest BCUT2D eigenvalue weighted by Crippen LogP contribution is 2.30. The Kier molecular flexibility index (Phi) is 2.57. The molecular formula is C11H9ClOS. The second kappa shape index (κ2) is 3.71. The van der Waals surface area contributed by atoms with Crippen molar-refractivity contribution in [2.45, 2.75) is 12.8 Å². The molecule has 1 nitrogen and oxygen atoms in total. The first-order chi connectivity index (χ1) is 6.77. The summed E-state index contributed by atoms with van der Waals surface area (Å²) in [6.07, 6.45) is 0.877. The summed E-state index contributed by atoms with van der Waals surface area (Å²) < 4.78 is 1.23. The Morgan fingerprint density at radius 2 is 2.36 bits per heavy atom. The van der Waals surface area contributed by atoms with E-state index in [1.165, 1.54) is 4.70 Å². The van der Waals surface area contributed by atoms with E-state index >= 15 is 0 Å². The molecule has 0 aliphatic rings. The minimum atomic E-state index is 0.390. The third-order valence-corrected chi connectivity index (χ3v) is 3.65. The first kappa shape index (κ1) is 9.69. The van der Waals surface area contributed by atoms with Crippen molar-refractivity contribution in [1.82, 2.24) is 0 Å². The Labute approximate surface area is 91.3 Å². The van der Waals surface area contributed by atoms with Crippen LogP contribution < -0.4 is 0 Å². The quantitative estimate of drug-likeness (QED) is 0.561. The number of fused-ring (bicyclic) bond motifs is 1. The highest BCUT2D eigenvalue weighted by Gasteiger charge is 2.09. The molecule has 0 unspecified atom stereocenters. The van der Waals surface area contributed by atoms with E-state index in [2.05, 4.69) is 0 Å². The lowest BCUT2D eigenvalue weighted by atomic mass is 10.0. The zero-order valence-electron chi connectivity index (χ0n) is 7.71. The summed E-state index contributed by atoms with van der Waals surface area (Å²) in [5.74, 6) is 0.390. The number of hydrogen-bond acceptors (Lipinski definition) is 2.